The van der Waals surface area contributed by atoms with E-state index in [0.717, 1.165) is 17.7 Å². The van der Waals surface area contributed by atoms with Crippen LogP contribution in [0.25, 0.3) is 0 Å². The van der Waals surface area contributed by atoms with E-state index in [-0.39, 0.29) is 5.92 Å². The summed E-state index contributed by atoms with van der Waals surface area (Å²) in [4.78, 5) is 0. The van der Waals surface area contributed by atoms with Gasteiger partial charge in [0, 0.05) is 12.1 Å². The third-order valence-corrected chi connectivity index (χ3v) is 2.64. The number of aryl methyl sites for hydroxylation is 1. The Morgan fingerprint density at radius 2 is 2.25 bits per heavy atom. The van der Waals surface area contributed by atoms with E-state index < -0.39 is 0 Å². The number of methoxy groups -OCH3 is 1. The molecule has 0 aliphatic rings. The normalized spacial score (nSPS) is 11.9. The highest BCUT2D eigenvalue weighted by molar-refractivity contribution is 5.42. The molecule has 0 spiro atoms. The van der Waals surface area contributed by atoms with Gasteiger partial charge in [-0.2, -0.15) is 5.26 Å². The maximum absolute atomic E-state index is 9.15. The first-order chi connectivity index (χ1) is 7.76. The number of nitrogens with zero attached hydrogens (tertiary/aromatic N) is 1. The van der Waals surface area contributed by atoms with Gasteiger partial charge in [0.05, 0.1) is 19.1 Å². The van der Waals surface area contributed by atoms with E-state index in [9.17, 15) is 0 Å². The molecule has 1 atom stereocenters. The monoisotopic (exact) mass is 218 g/mol. The van der Waals surface area contributed by atoms with Gasteiger partial charge < -0.3 is 10.1 Å². The second kappa shape index (κ2) is 6.14. The molecule has 86 valence electrons. The topological polar surface area (TPSA) is 45.0 Å². The summed E-state index contributed by atoms with van der Waals surface area (Å²) in [5.74, 6) is 0.630. The molecule has 0 aromatic heterocycles. The van der Waals surface area contributed by atoms with E-state index in [1.54, 1.807) is 7.11 Å². The Kier molecular flexibility index (Phi) is 4.81. The van der Waals surface area contributed by atoms with Crippen LogP contribution in [-0.4, -0.2) is 20.7 Å². The molecule has 1 unspecified atom stereocenters. The maximum atomic E-state index is 9.15. The van der Waals surface area contributed by atoms with Gasteiger partial charge in [-0.15, -0.1) is 0 Å². The Bertz CT molecular complexity index is 382. The zero-order chi connectivity index (χ0) is 12.0. The number of hydrogen-bond acceptors (Lipinski definition) is 3. The van der Waals surface area contributed by atoms with Crippen LogP contribution in [0.2, 0.25) is 0 Å². The van der Waals surface area contributed by atoms with Gasteiger partial charge in [0.2, 0.25) is 0 Å². The molecule has 0 saturated heterocycles. The molecule has 0 amide bonds. The van der Waals surface area contributed by atoms with Crippen LogP contribution in [0, 0.1) is 11.3 Å². The molecule has 1 aromatic carbocycles. The van der Waals surface area contributed by atoms with Crippen molar-refractivity contribution in [1.29, 1.82) is 5.26 Å². The SMILES string of the molecule is CCc1ccc(OC)c(C(C#N)CNC)c1. The fourth-order valence-corrected chi connectivity index (χ4v) is 1.71. The molecule has 3 heteroatoms. The molecule has 0 heterocycles. The number of hydrogen-bond donors (Lipinski definition) is 1. The zero-order valence-corrected chi connectivity index (χ0v) is 10.1. The lowest BCUT2D eigenvalue weighted by atomic mass is 9.96. The van der Waals surface area contributed by atoms with Crippen LogP contribution in [0.3, 0.4) is 0 Å². The summed E-state index contributed by atoms with van der Waals surface area (Å²) in [5.41, 5.74) is 2.20. The summed E-state index contributed by atoms with van der Waals surface area (Å²) in [7, 11) is 3.48. The first-order valence-corrected chi connectivity index (χ1v) is 5.47. The second-order valence-corrected chi connectivity index (χ2v) is 3.67. The van der Waals surface area contributed by atoms with Gasteiger partial charge in [-0.05, 0) is 25.1 Å². The number of rotatable bonds is 5. The summed E-state index contributed by atoms with van der Waals surface area (Å²) in [6.07, 6.45) is 0.967. The van der Waals surface area contributed by atoms with Crippen molar-refractivity contribution < 1.29 is 4.74 Å². The van der Waals surface area contributed by atoms with Crippen molar-refractivity contribution >= 4 is 0 Å². The molecule has 1 N–H and O–H groups in total. The largest absolute Gasteiger partial charge is 0.496 e. The summed E-state index contributed by atoms with van der Waals surface area (Å²) in [5, 5.41) is 12.2. The van der Waals surface area contributed by atoms with E-state index in [2.05, 4.69) is 24.4 Å². The van der Waals surface area contributed by atoms with Crippen LogP contribution in [-0.2, 0) is 6.42 Å². The molecular formula is C13H18N2O. The molecule has 1 rings (SSSR count). The van der Waals surface area contributed by atoms with E-state index in [1.165, 1.54) is 5.56 Å². The summed E-state index contributed by atoms with van der Waals surface area (Å²) in [6.45, 7) is 2.74. The van der Waals surface area contributed by atoms with Crippen molar-refractivity contribution in [2.24, 2.45) is 0 Å². The van der Waals surface area contributed by atoms with E-state index in [4.69, 9.17) is 10.00 Å². The Labute approximate surface area is 97.0 Å². The third-order valence-electron chi connectivity index (χ3n) is 2.64. The highest BCUT2D eigenvalue weighted by Gasteiger charge is 2.15. The van der Waals surface area contributed by atoms with E-state index in [0.29, 0.717) is 6.54 Å². The average Bonchev–Trinajstić information content (AvgIpc) is 2.35. The first-order valence-electron chi connectivity index (χ1n) is 5.47. The number of ether oxygens (including phenoxy) is 1. The number of nitrogens with one attached hydrogen (secondary N) is 1. The zero-order valence-electron chi connectivity index (χ0n) is 10.1. The molecular weight excluding hydrogens is 200 g/mol. The van der Waals surface area contributed by atoms with Crippen LogP contribution in [0.5, 0.6) is 5.75 Å². The van der Waals surface area contributed by atoms with Gasteiger partial charge >= 0.3 is 0 Å². The number of likely N-dealkylation sites (N-methyl/N-ethyl adjacent to an activating group) is 1. The molecule has 0 aliphatic carbocycles. The van der Waals surface area contributed by atoms with Crippen LogP contribution >= 0.6 is 0 Å². The van der Waals surface area contributed by atoms with Gasteiger partial charge in [0.15, 0.2) is 0 Å². The van der Waals surface area contributed by atoms with Crippen molar-refractivity contribution in [3.63, 3.8) is 0 Å². The number of benzene rings is 1. The van der Waals surface area contributed by atoms with Crippen molar-refractivity contribution in [1.82, 2.24) is 5.32 Å². The highest BCUT2D eigenvalue weighted by Crippen LogP contribution is 2.27. The van der Waals surface area contributed by atoms with Crippen LogP contribution in [0.4, 0.5) is 0 Å². The minimum atomic E-state index is -0.161. The van der Waals surface area contributed by atoms with Crippen molar-refractivity contribution in [3.05, 3.63) is 29.3 Å². The second-order valence-electron chi connectivity index (χ2n) is 3.67. The molecule has 0 aliphatic heterocycles. The minimum Gasteiger partial charge on any atom is -0.496 e. The summed E-state index contributed by atoms with van der Waals surface area (Å²) in [6, 6.07) is 8.34. The lowest BCUT2D eigenvalue weighted by Gasteiger charge is -2.14. The van der Waals surface area contributed by atoms with Crippen LogP contribution in [0.15, 0.2) is 18.2 Å². The molecule has 1 aromatic rings. The standard InChI is InChI=1S/C13H18N2O/c1-4-10-5-6-13(16-3)12(7-10)11(8-14)9-15-2/h5-7,11,15H,4,9H2,1-3H3. The predicted molar refractivity (Wildman–Crippen MR) is 64.7 cm³/mol. The fourth-order valence-electron chi connectivity index (χ4n) is 1.71. The summed E-state index contributed by atoms with van der Waals surface area (Å²) < 4.78 is 5.30. The quantitative estimate of drug-likeness (QED) is 0.823. The Hall–Kier alpha value is -1.53. The average molecular weight is 218 g/mol. The maximum Gasteiger partial charge on any atom is 0.123 e. The fraction of sp³-hybridized carbons (Fsp3) is 0.462. The lowest BCUT2D eigenvalue weighted by molar-refractivity contribution is 0.407. The van der Waals surface area contributed by atoms with Gasteiger partial charge in [-0.25, -0.2) is 0 Å². The molecule has 0 fully saturated rings. The van der Waals surface area contributed by atoms with Gasteiger partial charge in [-0.1, -0.05) is 19.1 Å². The van der Waals surface area contributed by atoms with Crippen molar-refractivity contribution in [3.8, 4) is 11.8 Å². The van der Waals surface area contributed by atoms with Crippen LogP contribution < -0.4 is 10.1 Å². The highest BCUT2D eigenvalue weighted by atomic mass is 16.5. The smallest absolute Gasteiger partial charge is 0.123 e. The van der Waals surface area contributed by atoms with E-state index in [1.807, 2.05) is 19.2 Å². The first kappa shape index (κ1) is 12.5. The van der Waals surface area contributed by atoms with E-state index >= 15 is 0 Å². The molecule has 3 nitrogen and oxygen atoms in total. The Morgan fingerprint density at radius 1 is 1.50 bits per heavy atom. The predicted octanol–water partition coefficient (Wildman–Crippen LogP) is 2.08. The Balaban J connectivity index is 3.11. The lowest BCUT2D eigenvalue weighted by Crippen LogP contribution is -2.16. The van der Waals surface area contributed by atoms with Crippen molar-refractivity contribution in [2.75, 3.05) is 20.7 Å². The third kappa shape index (κ3) is 2.74. The minimum absolute atomic E-state index is 0.161. The number of nitriles is 1. The molecule has 0 saturated carbocycles. The molecule has 0 radical (unpaired) electrons. The molecule has 0 bridgehead atoms. The van der Waals surface area contributed by atoms with Crippen molar-refractivity contribution in [2.45, 2.75) is 19.3 Å². The Morgan fingerprint density at radius 3 is 2.75 bits per heavy atom. The van der Waals surface area contributed by atoms with Gasteiger partial charge in [0.1, 0.15) is 5.75 Å². The van der Waals surface area contributed by atoms with Crippen LogP contribution in [0.1, 0.15) is 24.0 Å². The summed E-state index contributed by atoms with van der Waals surface area (Å²) >= 11 is 0. The van der Waals surface area contributed by atoms with Gasteiger partial charge in [0.25, 0.3) is 0 Å². The molecule has 16 heavy (non-hydrogen) atoms. The van der Waals surface area contributed by atoms with Gasteiger partial charge in [-0.3, -0.25) is 0 Å².